The van der Waals surface area contributed by atoms with Gasteiger partial charge >= 0.3 is 0 Å². The number of hydrogen-bond donors (Lipinski definition) is 0. The smallest absolute Gasteiger partial charge is 0.0169 e. The molecule has 0 aliphatic heterocycles. The average molecular weight is 379 g/mol. The Morgan fingerprint density at radius 2 is 1.63 bits per heavy atom. The van der Waals surface area contributed by atoms with Crippen LogP contribution in [0.5, 0.6) is 0 Å². The van der Waals surface area contributed by atoms with E-state index in [4.69, 9.17) is 0 Å². The highest BCUT2D eigenvalue weighted by Gasteiger charge is 2.43. The van der Waals surface area contributed by atoms with Crippen molar-refractivity contribution in [2.75, 3.05) is 12.5 Å². The molecule has 3 aliphatic rings. The summed E-state index contributed by atoms with van der Waals surface area (Å²) in [6.45, 7) is 2.55. The van der Waals surface area contributed by atoms with Gasteiger partial charge < -0.3 is 0 Å². The van der Waals surface area contributed by atoms with Crippen LogP contribution in [0.4, 0.5) is 0 Å². The third-order valence-corrected chi connectivity index (χ3v) is 12.0. The summed E-state index contributed by atoms with van der Waals surface area (Å²) in [5.74, 6) is 0.801. The van der Waals surface area contributed by atoms with E-state index in [1.807, 2.05) is 0 Å². The van der Waals surface area contributed by atoms with Gasteiger partial charge in [-0.3, -0.25) is 0 Å². The Labute approximate surface area is 167 Å². The van der Waals surface area contributed by atoms with Crippen molar-refractivity contribution in [1.29, 1.82) is 0 Å². The Bertz CT molecular complexity index is 842. The Morgan fingerprint density at radius 1 is 0.889 bits per heavy atom. The maximum absolute atomic E-state index is 2.68. The molecule has 0 spiro atoms. The normalized spacial score (nSPS) is 25.6. The largest absolute Gasteiger partial charge is 0.237 e. The summed E-state index contributed by atoms with van der Waals surface area (Å²) in [5, 5.41) is 1.80. The molecule has 5 rings (SSSR count). The van der Waals surface area contributed by atoms with Crippen molar-refractivity contribution < 1.29 is 0 Å². The molecule has 1 heteroatoms. The van der Waals surface area contributed by atoms with Gasteiger partial charge in [0, 0.05) is 5.25 Å². The Hall–Kier alpha value is -1.21. The van der Waals surface area contributed by atoms with Gasteiger partial charge in [-0.1, -0.05) is 56.2 Å². The maximum atomic E-state index is 2.68. The van der Waals surface area contributed by atoms with Gasteiger partial charge in [0.05, 0.1) is 0 Å². The van der Waals surface area contributed by atoms with E-state index in [0.29, 0.717) is 0 Å². The van der Waals surface area contributed by atoms with Crippen LogP contribution in [0.15, 0.2) is 36.4 Å². The number of fused-ring (bicyclic) bond motifs is 2. The van der Waals surface area contributed by atoms with Crippen LogP contribution < -0.4 is 0 Å². The van der Waals surface area contributed by atoms with Crippen molar-refractivity contribution in [3.05, 3.63) is 58.7 Å². The zero-order valence-electron chi connectivity index (χ0n) is 17.3. The van der Waals surface area contributed by atoms with Crippen molar-refractivity contribution in [2.45, 2.75) is 68.8 Å². The van der Waals surface area contributed by atoms with Crippen molar-refractivity contribution >= 4 is 10.0 Å². The lowest BCUT2D eigenvalue weighted by Crippen LogP contribution is -2.22. The predicted molar refractivity (Wildman–Crippen MR) is 121 cm³/mol. The van der Waals surface area contributed by atoms with Crippen LogP contribution >= 0.6 is 10.0 Å². The lowest BCUT2D eigenvalue weighted by atomic mass is 9.89. The highest BCUT2D eigenvalue weighted by Crippen LogP contribution is 2.68. The number of hydrogen-bond acceptors (Lipinski definition) is 0. The lowest BCUT2D eigenvalue weighted by molar-refractivity contribution is 0.606. The van der Waals surface area contributed by atoms with Crippen LogP contribution in [0.25, 0.3) is 11.1 Å². The molecule has 0 heterocycles. The summed E-state index contributed by atoms with van der Waals surface area (Å²) in [7, 11) is -0.617. The second-order valence-corrected chi connectivity index (χ2v) is 13.8. The molecule has 1 saturated carbocycles. The minimum atomic E-state index is -0.617. The van der Waals surface area contributed by atoms with Crippen LogP contribution in [0, 0.1) is 5.92 Å². The predicted octanol–water partition coefficient (Wildman–Crippen LogP) is 7.08. The first-order valence-electron chi connectivity index (χ1n) is 11.0. The number of benzene rings is 2. The summed E-state index contributed by atoms with van der Waals surface area (Å²) < 4.78 is 0. The molecule has 27 heavy (non-hydrogen) atoms. The molecule has 0 N–H and O–H groups in total. The van der Waals surface area contributed by atoms with Gasteiger partial charge in [0.15, 0.2) is 0 Å². The van der Waals surface area contributed by atoms with Gasteiger partial charge in [-0.25, -0.2) is 10.0 Å². The molecule has 0 saturated heterocycles. The molecule has 144 valence electrons. The van der Waals surface area contributed by atoms with Crippen LogP contribution in [-0.4, -0.2) is 17.8 Å². The fourth-order valence-electron chi connectivity index (χ4n) is 6.60. The van der Waals surface area contributed by atoms with Gasteiger partial charge in [-0.05, 0) is 95.6 Å². The fourth-order valence-corrected chi connectivity index (χ4v) is 10.7. The first-order valence-corrected chi connectivity index (χ1v) is 13.6. The van der Waals surface area contributed by atoms with Gasteiger partial charge in [-0.15, -0.1) is 0 Å². The van der Waals surface area contributed by atoms with Crippen molar-refractivity contribution in [2.24, 2.45) is 5.92 Å². The zero-order chi connectivity index (χ0) is 18.6. The van der Waals surface area contributed by atoms with E-state index in [0.717, 1.165) is 16.4 Å². The number of aryl methyl sites for hydroxylation is 1. The van der Waals surface area contributed by atoms with Gasteiger partial charge in [0.25, 0.3) is 0 Å². The SMILES string of the molecule is CC1Cc2c(cc3c(c2-c2ccccc2)CCC3)C1S(C)(C)C1CCCC1. The fraction of sp³-hybridized carbons (Fsp3) is 0.538. The minimum Gasteiger partial charge on any atom is -0.237 e. The quantitative estimate of drug-likeness (QED) is 0.535. The van der Waals surface area contributed by atoms with Gasteiger partial charge in [0.2, 0.25) is 0 Å². The monoisotopic (exact) mass is 378 g/mol. The first-order chi connectivity index (χ1) is 13.1. The molecule has 0 amide bonds. The van der Waals surface area contributed by atoms with Crippen LogP contribution in [0.3, 0.4) is 0 Å². The van der Waals surface area contributed by atoms with Gasteiger partial charge in [0.1, 0.15) is 0 Å². The van der Waals surface area contributed by atoms with E-state index < -0.39 is 10.0 Å². The Morgan fingerprint density at radius 3 is 2.37 bits per heavy atom. The molecule has 0 radical (unpaired) electrons. The lowest BCUT2D eigenvalue weighted by Gasteiger charge is -2.46. The standard InChI is InChI=1S/C26H34S/c1-18-16-23-24(26(18)27(2,3)21-13-7-8-14-21)17-20-12-9-15-22(20)25(23)19-10-5-4-6-11-19/h4-6,10-11,17-18,21,26H,7-9,12-16H2,1-3H3. The average Bonchev–Trinajstić information content (AvgIpc) is 3.39. The molecule has 0 aromatic heterocycles. The van der Waals surface area contributed by atoms with Crippen LogP contribution in [0.2, 0.25) is 0 Å². The van der Waals surface area contributed by atoms with Crippen LogP contribution in [-0.2, 0) is 19.3 Å². The molecule has 3 aliphatic carbocycles. The van der Waals surface area contributed by atoms with E-state index >= 15 is 0 Å². The van der Waals surface area contributed by atoms with E-state index in [-0.39, 0.29) is 0 Å². The summed E-state index contributed by atoms with van der Waals surface area (Å²) in [4.78, 5) is 0. The van der Waals surface area contributed by atoms with Crippen molar-refractivity contribution in [3.63, 3.8) is 0 Å². The van der Waals surface area contributed by atoms with E-state index in [2.05, 4.69) is 55.8 Å². The number of rotatable bonds is 3. The Balaban J connectivity index is 1.68. The molecule has 2 unspecified atom stereocenters. The van der Waals surface area contributed by atoms with Gasteiger partial charge in [-0.2, -0.15) is 0 Å². The molecule has 0 nitrogen and oxygen atoms in total. The topological polar surface area (TPSA) is 0 Å². The molecule has 1 fully saturated rings. The third kappa shape index (κ3) is 2.80. The summed E-state index contributed by atoms with van der Waals surface area (Å²) in [6, 6.07) is 14.0. The van der Waals surface area contributed by atoms with E-state index in [9.17, 15) is 0 Å². The maximum Gasteiger partial charge on any atom is 0.0169 e. The molecule has 0 bridgehead atoms. The summed E-state index contributed by atoms with van der Waals surface area (Å²) in [6.07, 6.45) is 16.5. The molecule has 2 aromatic rings. The third-order valence-electron chi connectivity index (χ3n) is 7.77. The summed E-state index contributed by atoms with van der Waals surface area (Å²) >= 11 is 0. The molecular weight excluding hydrogens is 344 g/mol. The van der Waals surface area contributed by atoms with E-state index in [1.54, 1.807) is 27.8 Å². The molecule has 2 atom stereocenters. The first kappa shape index (κ1) is 17.9. The van der Waals surface area contributed by atoms with Crippen molar-refractivity contribution in [3.8, 4) is 11.1 Å². The Kier molecular flexibility index (Phi) is 4.43. The highest BCUT2D eigenvalue weighted by molar-refractivity contribution is 8.33. The molecular formula is C26H34S. The second kappa shape index (κ2) is 6.69. The zero-order valence-corrected chi connectivity index (χ0v) is 18.1. The molecule has 2 aromatic carbocycles. The van der Waals surface area contributed by atoms with Crippen LogP contribution in [0.1, 0.15) is 66.5 Å². The van der Waals surface area contributed by atoms with E-state index in [1.165, 1.54) is 56.9 Å². The van der Waals surface area contributed by atoms with Crippen molar-refractivity contribution in [1.82, 2.24) is 0 Å². The minimum absolute atomic E-state index is 0.617. The second-order valence-electron chi connectivity index (χ2n) is 9.67. The summed E-state index contributed by atoms with van der Waals surface area (Å²) in [5.41, 5.74) is 9.94. The highest BCUT2D eigenvalue weighted by atomic mass is 32.3.